The van der Waals surface area contributed by atoms with Gasteiger partial charge < -0.3 is 10.1 Å². The molecule has 0 amide bonds. The van der Waals surface area contributed by atoms with Crippen molar-refractivity contribution >= 4 is 17.6 Å². The van der Waals surface area contributed by atoms with E-state index in [4.69, 9.17) is 4.74 Å². The first kappa shape index (κ1) is 16.9. The van der Waals surface area contributed by atoms with Gasteiger partial charge in [-0.3, -0.25) is 4.79 Å². The van der Waals surface area contributed by atoms with Gasteiger partial charge in [0.2, 0.25) is 11.9 Å². The molecule has 120 valence electrons. The Bertz CT molecular complexity index is 700. The molecule has 0 spiro atoms. The van der Waals surface area contributed by atoms with Crippen molar-refractivity contribution in [2.75, 3.05) is 11.9 Å². The maximum absolute atomic E-state index is 12.1. The van der Waals surface area contributed by atoms with E-state index in [1.165, 1.54) is 12.2 Å². The second-order valence-electron chi connectivity index (χ2n) is 5.39. The molecule has 1 aliphatic rings. The Hall–Kier alpha value is -2.49. The van der Waals surface area contributed by atoms with Gasteiger partial charge in [0.25, 0.3) is 0 Å². The molecule has 23 heavy (non-hydrogen) atoms. The highest BCUT2D eigenvalue weighted by Gasteiger charge is 2.41. The van der Waals surface area contributed by atoms with E-state index in [1.54, 1.807) is 6.92 Å². The van der Waals surface area contributed by atoms with Crippen LogP contribution in [0.4, 0.5) is 5.69 Å². The van der Waals surface area contributed by atoms with Crippen LogP contribution in [0.2, 0.25) is 0 Å². The predicted molar refractivity (Wildman–Crippen MR) is 88.6 cm³/mol. The summed E-state index contributed by atoms with van der Waals surface area (Å²) in [5, 5.41) is 3.35. The second kappa shape index (κ2) is 7.18. The van der Waals surface area contributed by atoms with Crippen molar-refractivity contribution < 1.29 is 14.3 Å². The fourth-order valence-corrected chi connectivity index (χ4v) is 2.63. The van der Waals surface area contributed by atoms with Crippen LogP contribution >= 0.6 is 0 Å². The molecule has 1 aliphatic carbocycles. The zero-order valence-corrected chi connectivity index (χ0v) is 13.6. The number of nitrogens with one attached hydrogen (secondary N) is 1. The lowest BCUT2D eigenvalue weighted by molar-refractivity contribution is -0.112. The third-order valence-corrected chi connectivity index (χ3v) is 3.79. The molecular weight excluding hydrogens is 292 g/mol. The quantitative estimate of drug-likeness (QED) is 0.497. The Morgan fingerprint density at radius 3 is 2.57 bits per heavy atom. The van der Waals surface area contributed by atoms with Crippen LogP contribution < -0.4 is 5.32 Å². The van der Waals surface area contributed by atoms with Crippen LogP contribution in [0.3, 0.4) is 0 Å². The van der Waals surface area contributed by atoms with Crippen LogP contribution in [0.25, 0.3) is 0 Å². The minimum atomic E-state index is -0.999. The van der Waals surface area contributed by atoms with Crippen molar-refractivity contribution in [2.45, 2.75) is 32.9 Å². The van der Waals surface area contributed by atoms with Crippen molar-refractivity contribution in [1.29, 1.82) is 0 Å². The molecule has 0 saturated carbocycles. The Balaban J connectivity index is 2.56. The summed E-state index contributed by atoms with van der Waals surface area (Å²) in [6, 6.07) is 9.56. The van der Waals surface area contributed by atoms with Gasteiger partial charge in [-0.2, -0.15) is 4.99 Å². The van der Waals surface area contributed by atoms with Crippen molar-refractivity contribution in [3.63, 3.8) is 0 Å². The van der Waals surface area contributed by atoms with E-state index in [2.05, 4.69) is 10.3 Å². The second-order valence-corrected chi connectivity index (χ2v) is 5.39. The highest BCUT2D eigenvalue weighted by Crippen LogP contribution is 2.37. The number of para-hydroxylation sites is 1. The maximum atomic E-state index is 12.1. The summed E-state index contributed by atoms with van der Waals surface area (Å²) in [4.78, 5) is 26.4. The Kier molecular flexibility index (Phi) is 5.27. The number of anilines is 1. The average Bonchev–Trinajstić information content (AvgIpc) is 2.55. The molecule has 0 saturated heterocycles. The van der Waals surface area contributed by atoms with Gasteiger partial charge in [0.05, 0.1) is 0 Å². The molecule has 0 heterocycles. The van der Waals surface area contributed by atoms with Crippen molar-refractivity contribution in [3.8, 4) is 0 Å². The molecule has 5 heteroatoms. The number of hydrogen-bond acceptors (Lipinski definition) is 5. The Morgan fingerprint density at radius 1 is 1.26 bits per heavy atom. The number of hydrogen-bond donors (Lipinski definition) is 1. The number of allylic oxidation sites excluding steroid dienone is 1. The smallest absolute Gasteiger partial charge is 0.240 e. The topological polar surface area (TPSA) is 67.8 Å². The summed E-state index contributed by atoms with van der Waals surface area (Å²) < 4.78 is 6.09. The molecule has 1 aromatic rings. The molecule has 1 aromatic carbocycles. The SMILES string of the molecule is CCCOC1(Nc2ccccc2)C(C)=CC(=O)C(N=C=O)=C1C. The number of ether oxygens (including phenoxy) is 1. The number of aliphatic imine (C=N–C) groups is 1. The number of carbonyl (C=O) groups is 1. The van der Waals surface area contributed by atoms with Crippen molar-refractivity contribution in [2.24, 2.45) is 4.99 Å². The van der Waals surface area contributed by atoms with Gasteiger partial charge in [-0.25, -0.2) is 4.79 Å². The molecule has 1 N–H and O–H groups in total. The fourth-order valence-electron chi connectivity index (χ4n) is 2.63. The average molecular weight is 312 g/mol. The monoisotopic (exact) mass is 312 g/mol. The first-order chi connectivity index (χ1) is 11.0. The van der Waals surface area contributed by atoms with Gasteiger partial charge in [-0.1, -0.05) is 25.1 Å². The Labute approximate surface area is 135 Å². The lowest BCUT2D eigenvalue weighted by atomic mass is 9.87. The normalized spacial score (nSPS) is 20.8. The molecule has 0 aromatic heterocycles. The standard InChI is InChI=1S/C18H20N2O3/c1-4-10-23-18(20-15-8-6-5-7-9-15)13(2)11-16(22)17(14(18)3)19-12-21/h5-9,11,20H,4,10H2,1-3H3. The molecule has 0 bridgehead atoms. The third-order valence-electron chi connectivity index (χ3n) is 3.79. The number of isocyanates is 1. The molecule has 5 nitrogen and oxygen atoms in total. The molecular formula is C18H20N2O3. The number of ketones is 1. The first-order valence-electron chi connectivity index (χ1n) is 7.54. The van der Waals surface area contributed by atoms with Crippen LogP contribution in [-0.2, 0) is 14.3 Å². The molecule has 0 aliphatic heterocycles. The molecule has 2 rings (SSSR count). The van der Waals surface area contributed by atoms with E-state index in [1.807, 2.05) is 44.2 Å². The summed E-state index contributed by atoms with van der Waals surface area (Å²) in [5.41, 5.74) is 1.20. The van der Waals surface area contributed by atoms with E-state index < -0.39 is 5.72 Å². The van der Waals surface area contributed by atoms with Gasteiger partial charge >= 0.3 is 0 Å². The molecule has 1 unspecified atom stereocenters. The highest BCUT2D eigenvalue weighted by atomic mass is 16.5. The maximum Gasteiger partial charge on any atom is 0.240 e. The predicted octanol–water partition coefficient (Wildman–Crippen LogP) is 3.36. The molecule has 0 fully saturated rings. The zero-order valence-electron chi connectivity index (χ0n) is 13.6. The van der Waals surface area contributed by atoms with Crippen molar-refractivity contribution in [3.05, 3.63) is 53.3 Å². The summed E-state index contributed by atoms with van der Waals surface area (Å²) >= 11 is 0. The van der Waals surface area contributed by atoms with Crippen LogP contribution in [-0.4, -0.2) is 24.2 Å². The van der Waals surface area contributed by atoms with Crippen LogP contribution in [0.5, 0.6) is 0 Å². The van der Waals surface area contributed by atoms with Gasteiger partial charge in [0, 0.05) is 17.9 Å². The summed E-state index contributed by atoms with van der Waals surface area (Å²) in [6.45, 7) is 6.08. The number of nitrogens with zero attached hydrogens (tertiary/aromatic N) is 1. The number of rotatable bonds is 6. The third kappa shape index (κ3) is 3.31. The van der Waals surface area contributed by atoms with Crippen LogP contribution in [0.15, 0.2) is 58.2 Å². The fraction of sp³-hybridized carbons (Fsp3) is 0.333. The highest BCUT2D eigenvalue weighted by molar-refractivity contribution is 6.07. The summed E-state index contributed by atoms with van der Waals surface area (Å²) in [7, 11) is 0. The van der Waals surface area contributed by atoms with Crippen LogP contribution in [0, 0.1) is 0 Å². The lowest BCUT2D eigenvalue weighted by Crippen LogP contribution is -2.47. The molecule has 1 atom stereocenters. The first-order valence-corrected chi connectivity index (χ1v) is 7.54. The van der Waals surface area contributed by atoms with E-state index in [9.17, 15) is 9.59 Å². The van der Waals surface area contributed by atoms with Gasteiger partial charge in [0.15, 0.2) is 5.72 Å². The van der Waals surface area contributed by atoms with E-state index in [-0.39, 0.29) is 11.5 Å². The van der Waals surface area contributed by atoms with Crippen molar-refractivity contribution in [1.82, 2.24) is 0 Å². The van der Waals surface area contributed by atoms with E-state index >= 15 is 0 Å². The summed E-state index contributed by atoms with van der Waals surface area (Å²) in [5.74, 6) is -0.311. The number of benzene rings is 1. The van der Waals surface area contributed by atoms with Gasteiger partial charge in [-0.05, 0) is 44.1 Å². The Morgan fingerprint density at radius 2 is 1.96 bits per heavy atom. The summed E-state index contributed by atoms with van der Waals surface area (Å²) in [6.07, 6.45) is 3.73. The molecule has 0 radical (unpaired) electrons. The largest absolute Gasteiger partial charge is 0.350 e. The van der Waals surface area contributed by atoms with E-state index in [0.29, 0.717) is 12.2 Å². The minimum absolute atomic E-state index is 0.0742. The van der Waals surface area contributed by atoms with E-state index in [0.717, 1.165) is 17.7 Å². The van der Waals surface area contributed by atoms with Gasteiger partial charge in [-0.15, -0.1) is 0 Å². The zero-order chi connectivity index (χ0) is 16.9. The minimum Gasteiger partial charge on any atom is -0.350 e. The van der Waals surface area contributed by atoms with Gasteiger partial charge in [0.1, 0.15) is 5.70 Å². The number of carbonyl (C=O) groups excluding carboxylic acids is 2. The van der Waals surface area contributed by atoms with Crippen LogP contribution in [0.1, 0.15) is 27.2 Å². The lowest BCUT2D eigenvalue weighted by Gasteiger charge is -2.39.